The van der Waals surface area contributed by atoms with E-state index >= 15 is 0 Å². The third kappa shape index (κ3) is 4.31. The van der Waals surface area contributed by atoms with Crippen LogP contribution in [0.15, 0.2) is 52.4 Å². The van der Waals surface area contributed by atoms with Crippen LogP contribution >= 0.6 is 23.1 Å². The molecule has 0 saturated heterocycles. The Hall–Kier alpha value is -2.38. The molecule has 140 valence electrons. The number of esters is 1. The average Bonchev–Trinajstić information content (AvgIpc) is 3.03. The maximum Gasteiger partial charge on any atom is 0.325 e. The molecule has 0 saturated carbocycles. The van der Waals surface area contributed by atoms with E-state index in [1.165, 1.54) is 24.0 Å². The van der Waals surface area contributed by atoms with Gasteiger partial charge in [0.05, 0.1) is 17.3 Å². The van der Waals surface area contributed by atoms with E-state index in [0.717, 1.165) is 21.5 Å². The van der Waals surface area contributed by atoms with Gasteiger partial charge in [0.25, 0.3) is 5.91 Å². The molecule has 1 aromatic heterocycles. The van der Waals surface area contributed by atoms with Crippen LogP contribution in [0.3, 0.4) is 0 Å². The van der Waals surface area contributed by atoms with Crippen molar-refractivity contribution in [2.45, 2.75) is 24.8 Å². The Morgan fingerprint density at radius 3 is 2.56 bits per heavy atom. The number of methoxy groups -OCH3 is 1. The summed E-state index contributed by atoms with van der Waals surface area (Å²) in [4.78, 5) is 30.3. The van der Waals surface area contributed by atoms with E-state index in [1.807, 2.05) is 30.5 Å². The van der Waals surface area contributed by atoms with Crippen LogP contribution in [-0.4, -0.2) is 29.8 Å². The summed E-state index contributed by atoms with van der Waals surface area (Å²) in [5.41, 5.74) is 2.58. The molecule has 0 aliphatic heterocycles. The number of aromatic nitrogens is 1. The van der Waals surface area contributed by atoms with E-state index in [1.54, 1.807) is 28.5 Å². The second-order valence-corrected chi connectivity index (χ2v) is 7.74. The zero-order chi connectivity index (χ0) is 19.4. The number of ether oxygens (including phenoxy) is 1. The summed E-state index contributed by atoms with van der Waals surface area (Å²) in [6.45, 7) is 2.10. The number of carbonyl (C=O) groups excluding carboxylic acids is 2. The Labute approximate surface area is 165 Å². The minimum atomic E-state index is -0.382. The molecular weight excluding hydrogens is 380 g/mol. The molecule has 0 aliphatic rings. The van der Waals surface area contributed by atoms with Crippen molar-refractivity contribution >= 4 is 45.2 Å². The smallest absolute Gasteiger partial charge is 0.325 e. The molecule has 0 aliphatic carbocycles. The molecule has 0 unspecified atom stereocenters. The number of hydrogen-bond acceptors (Lipinski definition) is 5. The number of hydrogen-bond donors (Lipinski definition) is 0. The molecule has 1 amide bonds. The van der Waals surface area contributed by atoms with E-state index in [2.05, 4.69) is 18.0 Å². The van der Waals surface area contributed by atoms with Gasteiger partial charge in [-0.1, -0.05) is 24.3 Å². The molecule has 7 heteroatoms. The van der Waals surface area contributed by atoms with Crippen LogP contribution in [0.2, 0.25) is 0 Å². The van der Waals surface area contributed by atoms with Crippen molar-refractivity contribution < 1.29 is 14.3 Å². The topological polar surface area (TPSA) is 60.7 Å². The predicted molar refractivity (Wildman–Crippen MR) is 109 cm³/mol. The first kappa shape index (κ1) is 19.4. The molecule has 3 rings (SSSR count). The third-order valence-electron chi connectivity index (χ3n) is 4.20. The van der Waals surface area contributed by atoms with Gasteiger partial charge in [0.2, 0.25) is 0 Å². The number of aryl methyl sites for hydroxylation is 1. The van der Waals surface area contributed by atoms with Gasteiger partial charge in [-0.15, -0.1) is 11.8 Å². The number of benzene rings is 2. The van der Waals surface area contributed by atoms with Gasteiger partial charge < -0.3 is 9.30 Å². The van der Waals surface area contributed by atoms with Crippen LogP contribution in [0.1, 0.15) is 22.8 Å². The first-order valence-electron chi connectivity index (χ1n) is 8.48. The van der Waals surface area contributed by atoms with Crippen LogP contribution < -0.4 is 4.80 Å². The van der Waals surface area contributed by atoms with Crippen LogP contribution in [0, 0.1) is 0 Å². The van der Waals surface area contributed by atoms with Crippen molar-refractivity contribution in [1.29, 1.82) is 0 Å². The van der Waals surface area contributed by atoms with Crippen molar-refractivity contribution in [3.05, 3.63) is 58.4 Å². The van der Waals surface area contributed by atoms with E-state index < -0.39 is 0 Å². The molecule has 0 spiro atoms. The van der Waals surface area contributed by atoms with Crippen molar-refractivity contribution in [2.24, 2.45) is 4.99 Å². The van der Waals surface area contributed by atoms with E-state index in [0.29, 0.717) is 10.4 Å². The number of amides is 1. The highest BCUT2D eigenvalue weighted by Crippen LogP contribution is 2.20. The van der Waals surface area contributed by atoms with Gasteiger partial charge in [-0.25, -0.2) is 0 Å². The number of thioether (sulfide) groups is 1. The monoisotopic (exact) mass is 400 g/mol. The fraction of sp³-hybridized carbons (Fsp3) is 0.250. The number of thiazole rings is 1. The fourth-order valence-electron chi connectivity index (χ4n) is 2.65. The summed E-state index contributed by atoms with van der Waals surface area (Å²) < 4.78 is 7.53. The van der Waals surface area contributed by atoms with Gasteiger partial charge >= 0.3 is 5.97 Å². The molecule has 2 aromatic carbocycles. The molecule has 0 atom stereocenters. The SMILES string of the molecule is CCc1ccc2c(c1)sc(=NC(=O)c1ccc(SC)cc1)n2CC(=O)OC. The van der Waals surface area contributed by atoms with Crippen LogP contribution in [-0.2, 0) is 22.5 Å². The van der Waals surface area contributed by atoms with Crippen LogP contribution in [0.5, 0.6) is 0 Å². The first-order chi connectivity index (χ1) is 13.0. The third-order valence-corrected chi connectivity index (χ3v) is 5.99. The number of carbonyl (C=O) groups is 2. The summed E-state index contributed by atoms with van der Waals surface area (Å²) in [6.07, 6.45) is 2.90. The van der Waals surface area contributed by atoms with Crippen molar-refractivity contribution in [3.63, 3.8) is 0 Å². The Morgan fingerprint density at radius 2 is 1.93 bits per heavy atom. The average molecular weight is 401 g/mol. The van der Waals surface area contributed by atoms with Gasteiger partial charge in [0.1, 0.15) is 6.54 Å². The van der Waals surface area contributed by atoms with Crippen LogP contribution in [0.4, 0.5) is 0 Å². The van der Waals surface area contributed by atoms with E-state index in [4.69, 9.17) is 4.74 Å². The van der Waals surface area contributed by atoms with Gasteiger partial charge in [0, 0.05) is 10.5 Å². The zero-order valence-corrected chi connectivity index (χ0v) is 17.0. The Bertz CT molecular complexity index is 1050. The second kappa shape index (κ2) is 8.54. The normalized spacial score (nSPS) is 11.7. The molecule has 0 fully saturated rings. The summed E-state index contributed by atoms with van der Waals surface area (Å²) in [6, 6.07) is 13.4. The molecule has 27 heavy (non-hydrogen) atoms. The lowest BCUT2D eigenvalue weighted by atomic mass is 10.2. The van der Waals surface area contributed by atoms with Crippen molar-refractivity contribution in [1.82, 2.24) is 4.57 Å². The summed E-state index contributed by atoms with van der Waals surface area (Å²) in [5.74, 6) is -0.712. The Balaban J connectivity index is 2.09. The minimum Gasteiger partial charge on any atom is -0.468 e. The lowest BCUT2D eigenvalue weighted by molar-refractivity contribution is -0.141. The van der Waals surface area contributed by atoms with Crippen molar-refractivity contribution in [2.75, 3.05) is 13.4 Å². The molecule has 0 bridgehead atoms. The molecule has 1 heterocycles. The highest BCUT2D eigenvalue weighted by molar-refractivity contribution is 7.98. The molecular formula is C20H20N2O3S2. The highest BCUT2D eigenvalue weighted by atomic mass is 32.2. The van der Waals surface area contributed by atoms with Gasteiger partial charge in [-0.2, -0.15) is 4.99 Å². The molecule has 5 nitrogen and oxygen atoms in total. The lowest BCUT2D eigenvalue weighted by Crippen LogP contribution is -2.22. The van der Waals surface area contributed by atoms with E-state index in [-0.39, 0.29) is 18.4 Å². The fourth-order valence-corrected chi connectivity index (χ4v) is 4.15. The summed E-state index contributed by atoms with van der Waals surface area (Å²) >= 11 is 3.02. The van der Waals surface area contributed by atoms with Gasteiger partial charge in [0.15, 0.2) is 4.80 Å². The first-order valence-corrected chi connectivity index (χ1v) is 10.5. The standard InChI is InChI=1S/C20H20N2O3S2/c1-4-13-5-10-16-17(11-13)27-20(22(16)12-18(23)25-2)21-19(24)14-6-8-15(26-3)9-7-14/h5-11H,4,12H2,1-3H3. The zero-order valence-electron chi connectivity index (χ0n) is 15.4. The largest absolute Gasteiger partial charge is 0.468 e. The Kier molecular flexibility index (Phi) is 6.13. The number of fused-ring (bicyclic) bond motifs is 1. The van der Waals surface area contributed by atoms with Crippen LogP contribution in [0.25, 0.3) is 10.2 Å². The minimum absolute atomic E-state index is 0.0134. The summed E-state index contributed by atoms with van der Waals surface area (Å²) in [7, 11) is 1.35. The van der Waals surface area contributed by atoms with Gasteiger partial charge in [-0.05, 0) is 54.6 Å². The maximum absolute atomic E-state index is 12.6. The quantitative estimate of drug-likeness (QED) is 0.481. The predicted octanol–water partition coefficient (Wildman–Crippen LogP) is 3.90. The maximum atomic E-state index is 12.6. The van der Waals surface area contributed by atoms with Crippen molar-refractivity contribution in [3.8, 4) is 0 Å². The number of nitrogens with zero attached hydrogens (tertiary/aromatic N) is 2. The highest BCUT2D eigenvalue weighted by Gasteiger charge is 2.13. The molecule has 3 aromatic rings. The van der Waals surface area contributed by atoms with E-state index in [9.17, 15) is 9.59 Å². The number of rotatable bonds is 5. The Morgan fingerprint density at radius 1 is 1.19 bits per heavy atom. The lowest BCUT2D eigenvalue weighted by Gasteiger charge is -2.04. The second-order valence-electron chi connectivity index (χ2n) is 5.85. The van der Waals surface area contributed by atoms with Gasteiger partial charge in [-0.3, -0.25) is 9.59 Å². The molecule has 0 radical (unpaired) electrons. The molecule has 0 N–H and O–H groups in total. The summed E-state index contributed by atoms with van der Waals surface area (Å²) in [5, 5.41) is 0.